The van der Waals surface area contributed by atoms with E-state index in [2.05, 4.69) is 59.0 Å². The summed E-state index contributed by atoms with van der Waals surface area (Å²) in [4.78, 5) is 26.9. The molecule has 2 aliphatic rings. The average molecular weight is 571 g/mol. The molecule has 2 fully saturated rings. The number of nitrogens with one attached hydrogen (secondary N) is 2. The third kappa shape index (κ3) is 6.04. The van der Waals surface area contributed by atoms with E-state index in [4.69, 9.17) is 4.52 Å². The normalized spacial score (nSPS) is 19.8. The van der Waals surface area contributed by atoms with Crippen molar-refractivity contribution in [2.45, 2.75) is 58.0 Å². The van der Waals surface area contributed by atoms with Crippen molar-refractivity contribution in [1.29, 1.82) is 0 Å². The minimum atomic E-state index is -0.341. The van der Waals surface area contributed by atoms with Crippen LogP contribution in [0.4, 0.5) is 11.5 Å². The molecule has 5 heterocycles. The second-order valence-electron chi connectivity index (χ2n) is 12.4. The van der Waals surface area contributed by atoms with Crippen LogP contribution in [0.25, 0.3) is 16.9 Å². The number of pyridine rings is 2. The lowest BCUT2D eigenvalue weighted by Crippen LogP contribution is -2.55. The Balaban J connectivity index is 1.11. The molecule has 1 saturated carbocycles. The molecule has 220 valence electrons. The van der Waals surface area contributed by atoms with Crippen LogP contribution >= 0.6 is 0 Å². The lowest BCUT2D eigenvalue weighted by atomic mass is 9.85. The number of piperazine rings is 1. The van der Waals surface area contributed by atoms with Crippen molar-refractivity contribution in [2.75, 3.05) is 43.9 Å². The average Bonchev–Trinajstić information content (AvgIpc) is 3.62. The molecule has 1 amide bonds. The molecule has 0 aromatic carbocycles. The molecule has 0 unspecified atom stereocenters. The summed E-state index contributed by atoms with van der Waals surface area (Å²) in [6.07, 6.45) is 9.29. The fraction of sp³-hybridized carbons (Fsp3) is 0.467. The van der Waals surface area contributed by atoms with Crippen LogP contribution in [-0.2, 0) is 5.41 Å². The number of hydrogen-bond donors (Lipinski definition) is 2. The van der Waals surface area contributed by atoms with Gasteiger partial charge in [-0.1, -0.05) is 31.1 Å². The molecule has 1 aliphatic carbocycles. The van der Waals surface area contributed by atoms with Gasteiger partial charge in [0.15, 0.2) is 5.82 Å². The van der Waals surface area contributed by atoms with Gasteiger partial charge in [-0.2, -0.15) is 0 Å². The topological polar surface area (TPSA) is 130 Å². The second-order valence-corrected chi connectivity index (χ2v) is 12.4. The fourth-order valence-corrected chi connectivity index (χ4v) is 5.35. The highest BCUT2D eigenvalue weighted by Crippen LogP contribution is 2.30. The summed E-state index contributed by atoms with van der Waals surface area (Å²) in [5, 5.41) is 19.1. The highest BCUT2D eigenvalue weighted by atomic mass is 16.5. The van der Waals surface area contributed by atoms with Gasteiger partial charge in [0.1, 0.15) is 11.5 Å². The Morgan fingerprint density at radius 2 is 1.83 bits per heavy atom. The van der Waals surface area contributed by atoms with Crippen LogP contribution in [0.5, 0.6) is 0 Å². The Labute approximate surface area is 245 Å². The smallest absolute Gasteiger partial charge is 0.258 e. The molecule has 0 spiro atoms. The molecule has 0 atom stereocenters. The summed E-state index contributed by atoms with van der Waals surface area (Å²) in [6.45, 7) is 12.5. The van der Waals surface area contributed by atoms with Gasteiger partial charge in [0.2, 0.25) is 0 Å². The van der Waals surface area contributed by atoms with Crippen LogP contribution in [0.2, 0.25) is 0 Å². The van der Waals surface area contributed by atoms with Crippen molar-refractivity contribution in [1.82, 2.24) is 39.9 Å². The summed E-state index contributed by atoms with van der Waals surface area (Å²) >= 11 is 0. The van der Waals surface area contributed by atoms with E-state index in [1.165, 1.54) is 6.20 Å². The van der Waals surface area contributed by atoms with E-state index in [0.29, 0.717) is 46.3 Å². The van der Waals surface area contributed by atoms with Crippen molar-refractivity contribution in [2.24, 2.45) is 0 Å². The largest absolute Gasteiger partial charge is 0.381 e. The van der Waals surface area contributed by atoms with Crippen LogP contribution in [0.1, 0.15) is 55.4 Å². The standard InChI is InChI=1S/C30H38N10O2/c1-19-26(11-21(16-32-19)29(41)34-28-14-27(42-36-28)30(2,3)4)40-18-25(35-37-40)20-10-23(17-31-15-20)33-22-12-24(13-22)39-8-6-38(5)7-9-39/h10-11,14-18,22,24,33H,6-9,12-13H2,1-5H3,(H,34,36,41). The summed E-state index contributed by atoms with van der Waals surface area (Å²) in [7, 11) is 2.19. The maximum Gasteiger partial charge on any atom is 0.258 e. The number of rotatable bonds is 7. The first-order valence-corrected chi connectivity index (χ1v) is 14.4. The van der Waals surface area contributed by atoms with Gasteiger partial charge < -0.3 is 20.1 Å². The van der Waals surface area contributed by atoms with Gasteiger partial charge in [-0.25, -0.2) is 4.68 Å². The first kappa shape index (κ1) is 28.0. The molecular formula is C30H38N10O2. The van der Waals surface area contributed by atoms with Gasteiger partial charge in [0.25, 0.3) is 5.91 Å². The van der Waals surface area contributed by atoms with Crippen LogP contribution in [0, 0.1) is 6.92 Å². The number of hydrogen-bond acceptors (Lipinski definition) is 10. The molecule has 42 heavy (non-hydrogen) atoms. The number of nitrogens with zero attached hydrogens (tertiary/aromatic N) is 8. The van der Waals surface area contributed by atoms with E-state index < -0.39 is 0 Å². The monoisotopic (exact) mass is 570 g/mol. The Bertz CT molecular complexity index is 1560. The summed E-state index contributed by atoms with van der Waals surface area (Å²) in [6, 6.07) is 6.65. The van der Waals surface area contributed by atoms with E-state index >= 15 is 0 Å². The number of aryl methyl sites for hydroxylation is 1. The Kier molecular flexibility index (Phi) is 7.50. The van der Waals surface area contributed by atoms with Gasteiger partial charge in [-0.15, -0.1) is 5.10 Å². The molecule has 0 bridgehead atoms. The van der Waals surface area contributed by atoms with Crippen LogP contribution in [-0.4, -0.2) is 91.1 Å². The maximum atomic E-state index is 13.0. The summed E-state index contributed by atoms with van der Waals surface area (Å²) in [5.74, 6) is 0.700. The SMILES string of the molecule is Cc1ncc(C(=O)Nc2cc(C(C)(C)C)on2)cc1-n1cc(-c2cncc(NC3CC(N4CCN(C)CC4)C3)c2)nn1. The first-order chi connectivity index (χ1) is 20.1. The van der Waals surface area contributed by atoms with Gasteiger partial charge in [-0.3, -0.25) is 19.7 Å². The predicted octanol–water partition coefficient (Wildman–Crippen LogP) is 3.76. The fourth-order valence-electron chi connectivity index (χ4n) is 5.35. The zero-order valence-corrected chi connectivity index (χ0v) is 24.8. The van der Waals surface area contributed by atoms with E-state index in [1.54, 1.807) is 23.0 Å². The third-order valence-electron chi connectivity index (χ3n) is 8.13. The number of likely N-dealkylation sites (N-methyl/N-ethyl adjacent to an activating group) is 1. The molecule has 12 heteroatoms. The Hall–Kier alpha value is -4.16. The zero-order chi connectivity index (χ0) is 29.4. The van der Waals surface area contributed by atoms with Crippen molar-refractivity contribution in [3.05, 3.63) is 60.0 Å². The predicted molar refractivity (Wildman–Crippen MR) is 160 cm³/mol. The van der Waals surface area contributed by atoms with E-state index in [9.17, 15) is 4.79 Å². The molecule has 2 N–H and O–H groups in total. The van der Waals surface area contributed by atoms with Gasteiger partial charge in [0, 0.05) is 73.9 Å². The molecule has 6 rings (SSSR count). The first-order valence-electron chi connectivity index (χ1n) is 14.4. The molecule has 0 radical (unpaired) electrons. The van der Waals surface area contributed by atoms with Crippen molar-refractivity contribution in [3.63, 3.8) is 0 Å². The molecule has 1 aliphatic heterocycles. The molecule has 12 nitrogen and oxygen atoms in total. The quantitative estimate of drug-likeness (QED) is 0.339. The third-order valence-corrected chi connectivity index (χ3v) is 8.13. The second kappa shape index (κ2) is 11.3. The van der Waals surface area contributed by atoms with Gasteiger partial charge >= 0.3 is 0 Å². The highest BCUT2D eigenvalue weighted by molar-refractivity contribution is 6.03. The molecule has 4 aromatic heterocycles. The molecule has 1 saturated heterocycles. The van der Waals surface area contributed by atoms with Crippen LogP contribution < -0.4 is 10.6 Å². The summed E-state index contributed by atoms with van der Waals surface area (Å²) < 4.78 is 7.01. The number of amides is 1. The van der Waals surface area contributed by atoms with Gasteiger partial charge in [0.05, 0.1) is 28.8 Å². The summed E-state index contributed by atoms with van der Waals surface area (Å²) in [5.41, 5.74) is 4.05. The van der Waals surface area contributed by atoms with Crippen molar-refractivity contribution >= 4 is 17.4 Å². The minimum Gasteiger partial charge on any atom is -0.381 e. The Morgan fingerprint density at radius 1 is 1.05 bits per heavy atom. The maximum absolute atomic E-state index is 13.0. The minimum absolute atomic E-state index is 0.213. The van der Waals surface area contributed by atoms with Crippen molar-refractivity contribution in [3.8, 4) is 16.9 Å². The molecule has 4 aromatic rings. The number of carbonyl (C=O) groups excluding carboxylic acids is 1. The van der Waals surface area contributed by atoms with E-state index in [-0.39, 0.29) is 11.3 Å². The number of anilines is 2. The lowest BCUT2D eigenvalue weighted by molar-refractivity contribution is 0.0657. The highest BCUT2D eigenvalue weighted by Gasteiger charge is 2.34. The zero-order valence-electron chi connectivity index (χ0n) is 24.8. The number of carbonyl (C=O) groups is 1. The van der Waals surface area contributed by atoms with Crippen LogP contribution in [0.3, 0.4) is 0 Å². The van der Waals surface area contributed by atoms with E-state index in [1.807, 2.05) is 40.1 Å². The molecular weight excluding hydrogens is 532 g/mol. The lowest BCUT2D eigenvalue weighted by Gasteiger charge is -2.46. The van der Waals surface area contributed by atoms with Gasteiger partial charge in [-0.05, 0) is 38.9 Å². The number of aromatic nitrogens is 6. The van der Waals surface area contributed by atoms with E-state index in [0.717, 1.165) is 50.3 Å². The van der Waals surface area contributed by atoms with Crippen LogP contribution in [0.15, 0.2) is 47.5 Å². The Morgan fingerprint density at radius 3 is 2.57 bits per heavy atom. The van der Waals surface area contributed by atoms with Crippen molar-refractivity contribution < 1.29 is 9.32 Å².